The minimum Gasteiger partial charge on any atom is -0.337 e. The van der Waals surface area contributed by atoms with Gasteiger partial charge in [-0.15, -0.1) is 11.3 Å². The Hall–Kier alpha value is -1.75. The zero-order valence-corrected chi connectivity index (χ0v) is 14.7. The molecule has 124 valence electrons. The molecule has 1 heterocycles. The van der Waals surface area contributed by atoms with Gasteiger partial charge in [0.15, 0.2) is 0 Å². The molecule has 0 spiro atoms. The highest BCUT2D eigenvalue weighted by Crippen LogP contribution is 2.18. The molecule has 0 saturated heterocycles. The van der Waals surface area contributed by atoms with Gasteiger partial charge in [0.05, 0.1) is 5.01 Å². The van der Waals surface area contributed by atoms with E-state index < -0.39 is 0 Å². The predicted octanol–water partition coefficient (Wildman–Crippen LogP) is 4.38. The zero-order valence-electron chi connectivity index (χ0n) is 13.9. The van der Waals surface area contributed by atoms with Crippen LogP contribution in [0, 0.1) is 11.7 Å². The number of carbonyl (C=O) groups is 1. The van der Waals surface area contributed by atoms with E-state index in [2.05, 4.69) is 18.8 Å². The van der Waals surface area contributed by atoms with Crippen molar-refractivity contribution in [2.24, 2.45) is 5.92 Å². The third-order valence-corrected chi connectivity index (χ3v) is 4.82. The first kappa shape index (κ1) is 17.6. The summed E-state index contributed by atoms with van der Waals surface area (Å²) >= 11 is 1.41. The normalized spacial score (nSPS) is 12.2. The number of halogens is 1. The molecule has 0 saturated carbocycles. The summed E-state index contributed by atoms with van der Waals surface area (Å²) in [5.41, 5.74) is 1.07. The number of hydrogen-bond donors (Lipinski definition) is 0. The van der Waals surface area contributed by atoms with Crippen molar-refractivity contribution < 1.29 is 9.18 Å². The predicted molar refractivity (Wildman–Crippen MR) is 92.4 cm³/mol. The Bertz CT molecular complexity index is 656. The second-order valence-electron chi connectivity index (χ2n) is 5.75. The van der Waals surface area contributed by atoms with Crippen molar-refractivity contribution in [1.29, 1.82) is 0 Å². The van der Waals surface area contributed by atoms with E-state index in [0.29, 0.717) is 30.1 Å². The molecule has 0 aliphatic heterocycles. The fourth-order valence-electron chi connectivity index (χ4n) is 2.32. The second-order valence-corrected chi connectivity index (χ2v) is 6.69. The molecule has 0 bridgehead atoms. The van der Waals surface area contributed by atoms with Gasteiger partial charge in [-0.2, -0.15) is 0 Å². The Morgan fingerprint density at radius 1 is 1.35 bits per heavy atom. The number of rotatable bonds is 7. The average Bonchev–Trinajstić information content (AvgIpc) is 3.02. The van der Waals surface area contributed by atoms with E-state index in [0.717, 1.165) is 18.0 Å². The van der Waals surface area contributed by atoms with Crippen LogP contribution in [0.25, 0.3) is 0 Å². The van der Waals surface area contributed by atoms with Crippen molar-refractivity contribution in [3.63, 3.8) is 0 Å². The smallest absolute Gasteiger partial charge is 0.273 e. The maximum Gasteiger partial charge on any atom is 0.273 e. The lowest BCUT2D eigenvalue weighted by molar-refractivity contribution is 0.0735. The van der Waals surface area contributed by atoms with E-state index >= 15 is 0 Å². The SMILES string of the molecule is CC[C@@H](C)CN(CC)C(=O)c1csc(Cc2ccccc2F)n1. The first-order valence-corrected chi connectivity index (χ1v) is 8.90. The Labute approximate surface area is 141 Å². The van der Waals surface area contributed by atoms with Gasteiger partial charge in [0.2, 0.25) is 0 Å². The topological polar surface area (TPSA) is 33.2 Å². The van der Waals surface area contributed by atoms with Gasteiger partial charge in [-0.1, -0.05) is 38.5 Å². The van der Waals surface area contributed by atoms with Gasteiger partial charge >= 0.3 is 0 Å². The largest absolute Gasteiger partial charge is 0.337 e. The van der Waals surface area contributed by atoms with E-state index in [-0.39, 0.29) is 11.7 Å². The van der Waals surface area contributed by atoms with Crippen LogP contribution in [0.2, 0.25) is 0 Å². The van der Waals surface area contributed by atoms with Crippen LogP contribution in [0.5, 0.6) is 0 Å². The van der Waals surface area contributed by atoms with Crippen LogP contribution in [0.3, 0.4) is 0 Å². The van der Waals surface area contributed by atoms with Gasteiger partial charge in [-0.3, -0.25) is 4.79 Å². The Kier molecular flexibility index (Phi) is 6.28. The fourth-order valence-corrected chi connectivity index (χ4v) is 3.11. The quantitative estimate of drug-likeness (QED) is 0.753. The summed E-state index contributed by atoms with van der Waals surface area (Å²) in [6.45, 7) is 7.65. The molecule has 1 aromatic heterocycles. The van der Waals surface area contributed by atoms with Crippen molar-refractivity contribution in [3.8, 4) is 0 Å². The molecule has 2 rings (SSSR count). The number of hydrogen-bond acceptors (Lipinski definition) is 3. The summed E-state index contributed by atoms with van der Waals surface area (Å²) in [7, 11) is 0. The highest BCUT2D eigenvalue weighted by atomic mass is 32.1. The van der Waals surface area contributed by atoms with E-state index in [1.54, 1.807) is 17.5 Å². The lowest BCUT2D eigenvalue weighted by Crippen LogP contribution is -2.34. The molecule has 5 heteroatoms. The van der Waals surface area contributed by atoms with E-state index in [4.69, 9.17) is 0 Å². The number of aromatic nitrogens is 1. The van der Waals surface area contributed by atoms with Crippen molar-refractivity contribution >= 4 is 17.2 Å². The summed E-state index contributed by atoms with van der Waals surface area (Å²) in [6, 6.07) is 6.67. The maximum absolute atomic E-state index is 13.7. The molecule has 23 heavy (non-hydrogen) atoms. The van der Waals surface area contributed by atoms with Crippen molar-refractivity contribution in [1.82, 2.24) is 9.88 Å². The Morgan fingerprint density at radius 3 is 2.74 bits per heavy atom. The van der Waals surface area contributed by atoms with Crippen LogP contribution < -0.4 is 0 Å². The third-order valence-electron chi connectivity index (χ3n) is 3.97. The molecule has 0 N–H and O–H groups in total. The van der Waals surface area contributed by atoms with Gasteiger partial charge < -0.3 is 4.90 Å². The minimum absolute atomic E-state index is 0.0381. The molecule has 0 unspecified atom stereocenters. The van der Waals surface area contributed by atoms with E-state index in [1.165, 1.54) is 17.4 Å². The van der Waals surface area contributed by atoms with Gasteiger partial charge in [-0.25, -0.2) is 9.37 Å². The van der Waals surface area contributed by atoms with Gasteiger partial charge in [-0.05, 0) is 24.5 Å². The van der Waals surface area contributed by atoms with Gasteiger partial charge in [0.25, 0.3) is 5.91 Å². The molecule has 0 fully saturated rings. The number of benzene rings is 1. The van der Waals surface area contributed by atoms with Crippen LogP contribution in [0.15, 0.2) is 29.6 Å². The minimum atomic E-state index is -0.234. The average molecular weight is 334 g/mol. The summed E-state index contributed by atoms with van der Waals surface area (Å²) in [6.07, 6.45) is 1.46. The van der Waals surface area contributed by atoms with E-state index in [9.17, 15) is 9.18 Å². The summed E-state index contributed by atoms with van der Waals surface area (Å²) in [4.78, 5) is 18.8. The Balaban J connectivity index is 2.08. The lowest BCUT2D eigenvalue weighted by Gasteiger charge is -2.23. The first-order valence-electron chi connectivity index (χ1n) is 8.02. The maximum atomic E-state index is 13.7. The molecule has 1 amide bonds. The molecule has 1 aromatic carbocycles. The molecular weight excluding hydrogens is 311 g/mol. The molecule has 2 aromatic rings. The number of amides is 1. The molecule has 3 nitrogen and oxygen atoms in total. The van der Waals surface area contributed by atoms with E-state index in [1.807, 2.05) is 17.9 Å². The number of nitrogens with zero attached hydrogens (tertiary/aromatic N) is 2. The van der Waals surface area contributed by atoms with Crippen molar-refractivity contribution in [2.75, 3.05) is 13.1 Å². The van der Waals surface area contributed by atoms with Gasteiger partial charge in [0.1, 0.15) is 11.5 Å². The standard InChI is InChI=1S/C18H23FN2OS/c1-4-13(3)11-21(5-2)18(22)16-12-23-17(20-16)10-14-8-6-7-9-15(14)19/h6-9,12-13H,4-5,10-11H2,1-3H3/t13-/m1/s1. The van der Waals surface area contributed by atoms with Crippen molar-refractivity contribution in [2.45, 2.75) is 33.6 Å². The van der Waals surface area contributed by atoms with Crippen LogP contribution in [-0.4, -0.2) is 28.9 Å². The number of thiazole rings is 1. The number of carbonyl (C=O) groups excluding carboxylic acids is 1. The fraction of sp³-hybridized carbons (Fsp3) is 0.444. The molecule has 0 aliphatic carbocycles. The summed E-state index contributed by atoms with van der Waals surface area (Å²) < 4.78 is 13.7. The van der Waals surface area contributed by atoms with Gasteiger partial charge in [0, 0.05) is 24.9 Å². The monoisotopic (exact) mass is 334 g/mol. The molecule has 0 radical (unpaired) electrons. The first-order chi connectivity index (χ1) is 11.0. The third kappa shape index (κ3) is 4.61. The van der Waals surface area contributed by atoms with Crippen LogP contribution in [-0.2, 0) is 6.42 Å². The lowest BCUT2D eigenvalue weighted by atomic mass is 10.1. The highest BCUT2D eigenvalue weighted by molar-refractivity contribution is 7.09. The van der Waals surface area contributed by atoms with Crippen LogP contribution in [0.4, 0.5) is 4.39 Å². The van der Waals surface area contributed by atoms with Crippen molar-refractivity contribution in [3.05, 3.63) is 51.7 Å². The highest BCUT2D eigenvalue weighted by Gasteiger charge is 2.19. The van der Waals surface area contributed by atoms with Crippen LogP contribution >= 0.6 is 11.3 Å². The zero-order chi connectivity index (χ0) is 16.8. The van der Waals surface area contributed by atoms with Crippen LogP contribution in [0.1, 0.15) is 48.3 Å². The molecular formula is C18H23FN2OS. The summed E-state index contributed by atoms with van der Waals surface area (Å²) in [5, 5.41) is 2.54. The Morgan fingerprint density at radius 2 is 2.09 bits per heavy atom. The summed E-state index contributed by atoms with van der Waals surface area (Å²) in [5.74, 6) is 0.196. The second kappa shape index (κ2) is 8.20. The molecule has 1 atom stereocenters. The molecule has 0 aliphatic rings.